The van der Waals surface area contributed by atoms with Gasteiger partial charge in [-0.3, -0.25) is 9.59 Å². The fraction of sp³-hybridized carbons (Fsp3) is 0.417. The van der Waals surface area contributed by atoms with E-state index in [1.807, 2.05) is 0 Å². The van der Waals surface area contributed by atoms with Gasteiger partial charge in [-0.2, -0.15) is 0 Å². The van der Waals surface area contributed by atoms with Gasteiger partial charge in [0.15, 0.2) is 0 Å². The third kappa shape index (κ3) is 6.45. The minimum atomic E-state index is -3.81. The molecule has 0 spiro atoms. The largest absolute Gasteiger partial charge is 0.493 e. The van der Waals surface area contributed by atoms with Gasteiger partial charge in [0.2, 0.25) is 10.0 Å². The standard InChI is InChI=1S/C24H25Cl2FN2O5S/c1-35(32,33)28-23(30)18-11-17(15-2-3-15)22(12-21(18)27)34-13-14-6-8-29(9-7-14)24(31)16-4-5-19(25)20(26)10-16/h4-5,10-12,14-15H,2-3,6-9,13H2,1H3,(H,28,30). The molecule has 35 heavy (non-hydrogen) atoms. The summed E-state index contributed by atoms with van der Waals surface area (Å²) in [5, 5.41) is 0.726. The molecule has 1 saturated heterocycles. The molecule has 0 aromatic heterocycles. The third-order valence-corrected chi connectivity index (χ3v) is 7.48. The molecule has 1 aliphatic heterocycles. The maximum absolute atomic E-state index is 14.7. The molecule has 7 nitrogen and oxygen atoms in total. The summed E-state index contributed by atoms with van der Waals surface area (Å²) in [4.78, 5) is 26.7. The van der Waals surface area contributed by atoms with E-state index in [0.29, 0.717) is 46.6 Å². The summed E-state index contributed by atoms with van der Waals surface area (Å²) in [5.74, 6) is -1.25. The van der Waals surface area contributed by atoms with Gasteiger partial charge in [-0.05, 0) is 67.3 Å². The number of amides is 2. The first-order chi connectivity index (χ1) is 16.5. The van der Waals surface area contributed by atoms with Crippen LogP contribution in [0, 0.1) is 11.7 Å². The van der Waals surface area contributed by atoms with Crippen LogP contribution in [0.25, 0.3) is 0 Å². The first kappa shape index (κ1) is 25.7. The molecule has 2 aliphatic rings. The van der Waals surface area contributed by atoms with Gasteiger partial charge in [-0.25, -0.2) is 17.5 Å². The monoisotopic (exact) mass is 542 g/mol. The SMILES string of the molecule is CS(=O)(=O)NC(=O)c1cc(C2CC2)c(OCC2CCN(C(=O)c3ccc(Cl)c(Cl)c3)CC2)cc1F. The molecule has 2 fully saturated rings. The Morgan fingerprint density at radius 2 is 1.77 bits per heavy atom. The number of hydrogen-bond acceptors (Lipinski definition) is 5. The van der Waals surface area contributed by atoms with Crippen LogP contribution >= 0.6 is 23.2 Å². The lowest BCUT2D eigenvalue weighted by molar-refractivity contribution is 0.0660. The van der Waals surface area contributed by atoms with Gasteiger partial charge in [-0.1, -0.05) is 23.2 Å². The van der Waals surface area contributed by atoms with Crippen molar-refractivity contribution in [1.82, 2.24) is 9.62 Å². The summed E-state index contributed by atoms with van der Waals surface area (Å²) in [5.41, 5.74) is 0.870. The summed E-state index contributed by atoms with van der Waals surface area (Å²) in [6.45, 7) is 1.46. The van der Waals surface area contributed by atoms with Crippen LogP contribution in [0.15, 0.2) is 30.3 Å². The predicted molar refractivity (Wildman–Crippen MR) is 131 cm³/mol. The van der Waals surface area contributed by atoms with Gasteiger partial charge in [0.1, 0.15) is 11.6 Å². The number of benzene rings is 2. The van der Waals surface area contributed by atoms with E-state index >= 15 is 0 Å². The van der Waals surface area contributed by atoms with Crippen LogP contribution in [0.1, 0.15) is 57.9 Å². The highest BCUT2D eigenvalue weighted by Gasteiger charge is 2.31. The fourth-order valence-electron chi connectivity index (χ4n) is 4.13. The van der Waals surface area contributed by atoms with Crippen LogP contribution in [0.4, 0.5) is 4.39 Å². The molecule has 11 heteroatoms. The minimum absolute atomic E-state index is 0.107. The van der Waals surface area contributed by atoms with Crippen LogP contribution in [0.5, 0.6) is 5.75 Å². The fourth-order valence-corrected chi connectivity index (χ4v) is 4.87. The average molecular weight is 543 g/mol. The van der Waals surface area contributed by atoms with E-state index in [0.717, 1.165) is 38.0 Å². The molecule has 188 valence electrons. The van der Waals surface area contributed by atoms with E-state index in [1.165, 1.54) is 6.07 Å². The highest BCUT2D eigenvalue weighted by molar-refractivity contribution is 7.89. The van der Waals surface area contributed by atoms with Gasteiger partial charge in [0, 0.05) is 24.7 Å². The first-order valence-corrected chi connectivity index (χ1v) is 13.9. The molecular formula is C24H25Cl2FN2O5S. The Labute approximate surface area is 213 Å². The second-order valence-corrected chi connectivity index (χ2v) is 11.6. The average Bonchev–Trinajstić information content (AvgIpc) is 3.63. The molecule has 1 heterocycles. The lowest BCUT2D eigenvalue weighted by Gasteiger charge is -2.32. The van der Waals surface area contributed by atoms with E-state index in [9.17, 15) is 22.4 Å². The number of carbonyl (C=O) groups is 2. The second kappa shape index (κ2) is 10.3. The van der Waals surface area contributed by atoms with Crippen molar-refractivity contribution in [2.75, 3.05) is 26.0 Å². The Hall–Kier alpha value is -2.36. The molecule has 2 aromatic rings. The van der Waals surface area contributed by atoms with Gasteiger partial charge in [0.05, 0.1) is 28.5 Å². The summed E-state index contributed by atoms with van der Waals surface area (Å²) in [6, 6.07) is 7.37. The number of carbonyl (C=O) groups excluding carboxylic acids is 2. The van der Waals surface area contributed by atoms with Crippen molar-refractivity contribution < 1.29 is 27.1 Å². The van der Waals surface area contributed by atoms with Crippen molar-refractivity contribution in [2.24, 2.45) is 5.92 Å². The Morgan fingerprint density at radius 1 is 1.09 bits per heavy atom. The number of likely N-dealkylation sites (tertiary alicyclic amines) is 1. The zero-order chi connectivity index (χ0) is 25.3. The topological polar surface area (TPSA) is 92.8 Å². The van der Waals surface area contributed by atoms with Crippen LogP contribution in [0.3, 0.4) is 0 Å². The van der Waals surface area contributed by atoms with Gasteiger partial charge in [-0.15, -0.1) is 0 Å². The number of sulfonamides is 1. The molecule has 4 rings (SSSR count). The van der Waals surface area contributed by atoms with Crippen LogP contribution in [-0.2, 0) is 10.0 Å². The third-order valence-electron chi connectivity index (χ3n) is 6.18. The normalized spacial score (nSPS) is 16.7. The first-order valence-electron chi connectivity index (χ1n) is 11.2. The number of rotatable bonds is 7. The van der Waals surface area contributed by atoms with E-state index in [1.54, 1.807) is 27.8 Å². The molecule has 1 saturated carbocycles. The molecule has 0 unspecified atom stereocenters. The Balaban J connectivity index is 1.37. The molecule has 1 aliphatic carbocycles. The van der Waals surface area contributed by atoms with Crippen molar-refractivity contribution in [3.05, 3.63) is 62.9 Å². The van der Waals surface area contributed by atoms with Crippen molar-refractivity contribution >= 4 is 45.0 Å². The van der Waals surface area contributed by atoms with Crippen LogP contribution in [-0.4, -0.2) is 51.1 Å². The Kier molecular flexibility index (Phi) is 7.59. The van der Waals surface area contributed by atoms with E-state index in [-0.39, 0.29) is 23.3 Å². The summed E-state index contributed by atoms with van der Waals surface area (Å²) in [7, 11) is -3.81. The maximum Gasteiger partial charge on any atom is 0.267 e. The quantitative estimate of drug-likeness (QED) is 0.550. The summed E-state index contributed by atoms with van der Waals surface area (Å²) >= 11 is 12.0. The van der Waals surface area contributed by atoms with Crippen molar-refractivity contribution in [2.45, 2.75) is 31.6 Å². The highest BCUT2D eigenvalue weighted by Crippen LogP contribution is 2.45. The van der Waals surface area contributed by atoms with Crippen LogP contribution in [0.2, 0.25) is 10.0 Å². The lowest BCUT2D eigenvalue weighted by atomic mass is 9.97. The van der Waals surface area contributed by atoms with Crippen LogP contribution < -0.4 is 9.46 Å². The van der Waals surface area contributed by atoms with E-state index in [4.69, 9.17) is 27.9 Å². The number of halogens is 3. The summed E-state index contributed by atoms with van der Waals surface area (Å²) < 4.78 is 45.2. The van der Waals surface area contributed by atoms with Gasteiger partial charge < -0.3 is 9.64 Å². The minimum Gasteiger partial charge on any atom is -0.493 e. The molecule has 0 atom stereocenters. The Morgan fingerprint density at radius 3 is 2.37 bits per heavy atom. The molecular weight excluding hydrogens is 518 g/mol. The maximum atomic E-state index is 14.7. The number of nitrogens with one attached hydrogen (secondary N) is 1. The zero-order valence-electron chi connectivity index (χ0n) is 19.0. The summed E-state index contributed by atoms with van der Waals surface area (Å²) in [6.07, 6.45) is 4.08. The second-order valence-electron chi connectivity index (χ2n) is 9.02. The smallest absolute Gasteiger partial charge is 0.267 e. The van der Waals surface area contributed by atoms with Crippen molar-refractivity contribution in [1.29, 1.82) is 0 Å². The van der Waals surface area contributed by atoms with Crippen molar-refractivity contribution in [3.8, 4) is 5.75 Å². The van der Waals surface area contributed by atoms with E-state index in [2.05, 4.69) is 0 Å². The molecule has 0 radical (unpaired) electrons. The number of ether oxygens (including phenoxy) is 1. The molecule has 1 N–H and O–H groups in total. The molecule has 0 bridgehead atoms. The predicted octanol–water partition coefficient (Wildman–Crippen LogP) is 4.63. The number of hydrogen-bond donors (Lipinski definition) is 1. The molecule has 2 amide bonds. The lowest BCUT2D eigenvalue weighted by Crippen LogP contribution is -2.39. The van der Waals surface area contributed by atoms with Gasteiger partial charge in [0.25, 0.3) is 11.8 Å². The number of piperidine rings is 1. The zero-order valence-corrected chi connectivity index (χ0v) is 21.4. The molecule has 2 aromatic carbocycles. The van der Waals surface area contributed by atoms with Crippen molar-refractivity contribution in [3.63, 3.8) is 0 Å². The Bertz CT molecular complexity index is 1260. The number of nitrogens with zero attached hydrogens (tertiary/aromatic N) is 1. The highest BCUT2D eigenvalue weighted by atomic mass is 35.5. The van der Waals surface area contributed by atoms with E-state index < -0.39 is 21.7 Å². The van der Waals surface area contributed by atoms with Gasteiger partial charge >= 0.3 is 0 Å².